The first-order valence-electron chi connectivity index (χ1n) is 9.46. The monoisotopic (exact) mass is 386 g/mol. The highest BCUT2D eigenvalue weighted by Gasteiger charge is 2.22. The summed E-state index contributed by atoms with van der Waals surface area (Å²) in [7, 11) is 0. The molecule has 0 fully saturated rings. The number of fused-ring (bicyclic) bond motifs is 1. The van der Waals surface area contributed by atoms with Crippen LogP contribution in [0.4, 0.5) is 0 Å². The molecule has 0 spiro atoms. The molecule has 6 nitrogen and oxygen atoms in total. The van der Waals surface area contributed by atoms with E-state index in [0.717, 1.165) is 27.6 Å². The molecule has 146 valence electrons. The van der Waals surface area contributed by atoms with Crippen LogP contribution >= 0.6 is 0 Å². The lowest BCUT2D eigenvalue weighted by molar-refractivity contribution is -0.155. The Labute approximate surface area is 169 Å². The van der Waals surface area contributed by atoms with Crippen molar-refractivity contribution in [3.05, 3.63) is 67.0 Å². The summed E-state index contributed by atoms with van der Waals surface area (Å²) in [6.45, 7) is 5.52. The second kappa shape index (κ2) is 7.47. The van der Waals surface area contributed by atoms with Gasteiger partial charge in [0, 0.05) is 23.5 Å². The van der Waals surface area contributed by atoms with Crippen molar-refractivity contribution in [2.24, 2.45) is 0 Å². The number of carbonyl (C=O) groups excluding carboxylic acids is 1. The van der Waals surface area contributed by atoms with Crippen LogP contribution in [-0.4, -0.2) is 31.5 Å². The Hall–Kier alpha value is -3.54. The second-order valence-electron chi connectivity index (χ2n) is 7.79. The summed E-state index contributed by atoms with van der Waals surface area (Å²) in [5.74, 6) is -0.356. The molecule has 0 amide bonds. The standard InChI is InChI=1S/C23H22N4O2/c1-23(2,3)29-20(28)15-27-22(21(25-26-27)17-11-13-24-14-12-17)19-10-6-8-16-7-4-5-9-18(16)19/h4-14H,15H2,1-3H3. The summed E-state index contributed by atoms with van der Waals surface area (Å²) in [6.07, 6.45) is 3.43. The van der Waals surface area contributed by atoms with E-state index >= 15 is 0 Å². The lowest BCUT2D eigenvalue weighted by Crippen LogP contribution is -2.27. The molecule has 0 bridgehead atoms. The van der Waals surface area contributed by atoms with E-state index in [0.29, 0.717) is 5.69 Å². The van der Waals surface area contributed by atoms with E-state index in [1.807, 2.05) is 57.2 Å². The number of rotatable bonds is 4. The highest BCUT2D eigenvalue weighted by molar-refractivity contribution is 5.98. The van der Waals surface area contributed by atoms with E-state index in [1.165, 1.54) is 0 Å². The molecule has 0 aliphatic carbocycles. The van der Waals surface area contributed by atoms with Gasteiger partial charge < -0.3 is 4.74 Å². The molecule has 4 aromatic rings. The number of aromatic nitrogens is 4. The minimum Gasteiger partial charge on any atom is -0.459 e. The molecule has 2 heterocycles. The van der Waals surface area contributed by atoms with Gasteiger partial charge in [0.15, 0.2) is 0 Å². The van der Waals surface area contributed by atoms with Crippen LogP contribution in [0.25, 0.3) is 33.3 Å². The molecule has 0 aliphatic heterocycles. The number of ether oxygens (including phenoxy) is 1. The van der Waals surface area contributed by atoms with Crippen LogP contribution in [0.5, 0.6) is 0 Å². The third-order valence-corrected chi connectivity index (χ3v) is 4.43. The van der Waals surface area contributed by atoms with Gasteiger partial charge in [0.25, 0.3) is 0 Å². The maximum Gasteiger partial charge on any atom is 0.328 e. The van der Waals surface area contributed by atoms with Gasteiger partial charge in [0.2, 0.25) is 0 Å². The van der Waals surface area contributed by atoms with Crippen molar-refractivity contribution in [1.82, 2.24) is 20.0 Å². The molecule has 0 radical (unpaired) electrons. The zero-order valence-corrected chi connectivity index (χ0v) is 16.7. The molecule has 6 heteroatoms. The highest BCUT2D eigenvalue weighted by Crippen LogP contribution is 2.34. The van der Waals surface area contributed by atoms with Gasteiger partial charge in [-0.25, -0.2) is 4.68 Å². The third-order valence-electron chi connectivity index (χ3n) is 4.43. The minimum atomic E-state index is -0.564. The minimum absolute atomic E-state index is 0.0199. The predicted molar refractivity (Wildman–Crippen MR) is 112 cm³/mol. The Morgan fingerprint density at radius 1 is 1.00 bits per heavy atom. The van der Waals surface area contributed by atoms with E-state index < -0.39 is 5.60 Å². The van der Waals surface area contributed by atoms with Crippen molar-refractivity contribution in [2.75, 3.05) is 0 Å². The average Bonchev–Trinajstić information content (AvgIpc) is 3.10. The van der Waals surface area contributed by atoms with E-state index in [4.69, 9.17) is 4.74 Å². The molecule has 0 saturated heterocycles. The molecule has 0 N–H and O–H groups in total. The largest absolute Gasteiger partial charge is 0.459 e. The fourth-order valence-electron chi connectivity index (χ4n) is 3.32. The van der Waals surface area contributed by atoms with Crippen molar-refractivity contribution >= 4 is 16.7 Å². The molecule has 0 atom stereocenters. The van der Waals surface area contributed by atoms with Gasteiger partial charge in [0.1, 0.15) is 17.8 Å². The number of hydrogen-bond acceptors (Lipinski definition) is 5. The van der Waals surface area contributed by atoms with Crippen molar-refractivity contribution in [3.8, 4) is 22.5 Å². The van der Waals surface area contributed by atoms with Crippen molar-refractivity contribution in [2.45, 2.75) is 32.9 Å². The molecule has 0 unspecified atom stereocenters. The first-order valence-corrected chi connectivity index (χ1v) is 9.46. The molecule has 0 aliphatic rings. The topological polar surface area (TPSA) is 69.9 Å². The summed E-state index contributed by atoms with van der Waals surface area (Å²) >= 11 is 0. The highest BCUT2D eigenvalue weighted by atomic mass is 16.6. The van der Waals surface area contributed by atoms with Crippen LogP contribution in [-0.2, 0) is 16.1 Å². The molecule has 29 heavy (non-hydrogen) atoms. The van der Waals surface area contributed by atoms with Gasteiger partial charge in [-0.05, 0) is 43.7 Å². The van der Waals surface area contributed by atoms with Crippen molar-refractivity contribution in [3.63, 3.8) is 0 Å². The van der Waals surface area contributed by atoms with Crippen LogP contribution in [0.3, 0.4) is 0 Å². The average molecular weight is 386 g/mol. The Morgan fingerprint density at radius 3 is 2.48 bits per heavy atom. The van der Waals surface area contributed by atoms with Gasteiger partial charge >= 0.3 is 5.97 Å². The van der Waals surface area contributed by atoms with Gasteiger partial charge in [-0.3, -0.25) is 9.78 Å². The molecule has 0 saturated carbocycles. The van der Waals surface area contributed by atoms with Gasteiger partial charge in [-0.15, -0.1) is 5.10 Å². The van der Waals surface area contributed by atoms with E-state index in [9.17, 15) is 4.79 Å². The first-order chi connectivity index (χ1) is 13.9. The number of nitrogens with zero attached hydrogens (tertiary/aromatic N) is 4. The number of benzene rings is 2. The van der Waals surface area contributed by atoms with Crippen LogP contribution < -0.4 is 0 Å². The zero-order chi connectivity index (χ0) is 20.4. The Kier molecular flexibility index (Phi) is 4.84. The number of carbonyl (C=O) groups is 1. The number of esters is 1. The Bertz CT molecular complexity index is 1160. The fourth-order valence-corrected chi connectivity index (χ4v) is 3.32. The Morgan fingerprint density at radius 2 is 1.72 bits per heavy atom. The summed E-state index contributed by atoms with van der Waals surface area (Å²) in [5, 5.41) is 10.9. The van der Waals surface area contributed by atoms with Crippen molar-refractivity contribution in [1.29, 1.82) is 0 Å². The summed E-state index contributed by atoms with van der Waals surface area (Å²) in [4.78, 5) is 16.6. The van der Waals surface area contributed by atoms with Crippen LogP contribution in [0.1, 0.15) is 20.8 Å². The normalized spacial score (nSPS) is 11.6. The van der Waals surface area contributed by atoms with Crippen LogP contribution in [0, 0.1) is 0 Å². The number of hydrogen-bond donors (Lipinski definition) is 0. The van der Waals surface area contributed by atoms with Crippen molar-refractivity contribution < 1.29 is 9.53 Å². The number of pyridine rings is 1. The Balaban J connectivity index is 1.88. The molecular formula is C23H22N4O2. The molecule has 4 rings (SSSR count). The summed E-state index contributed by atoms with van der Waals surface area (Å²) in [5.41, 5.74) is 2.76. The maximum atomic E-state index is 12.5. The lowest BCUT2D eigenvalue weighted by atomic mass is 9.99. The van der Waals surface area contributed by atoms with E-state index in [2.05, 4.69) is 33.5 Å². The van der Waals surface area contributed by atoms with Gasteiger partial charge in [-0.1, -0.05) is 47.7 Å². The smallest absolute Gasteiger partial charge is 0.328 e. The SMILES string of the molecule is CC(C)(C)OC(=O)Cn1nnc(-c2ccncc2)c1-c1cccc2ccccc12. The second-order valence-corrected chi connectivity index (χ2v) is 7.79. The van der Waals surface area contributed by atoms with Crippen LogP contribution in [0.15, 0.2) is 67.0 Å². The molecule has 2 aromatic carbocycles. The third kappa shape index (κ3) is 4.01. The summed E-state index contributed by atoms with van der Waals surface area (Å²) < 4.78 is 7.11. The predicted octanol–water partition coefficient (Wildman–Crippen LogP) is 4.50. The van der Waals surface area contributed by atoms with E-state index in [1.54, 1.807) is 17.1 Å². The quantitative estimate of drug-likeness (QED) is 0.483. The summed E-state index contributed by atoms with van der Waals surface area (Å²) in [6, 6.07) is 18.0. The van der Waals surface area contributed by atoms with Crippen LogP contribution in [0.2, 0.25) is 0 Å². The van der Waals surface area contributed by atoms with Gasteiger partial charge in [0.05, 0.1) is 5.69 Å². The van der Waals surface area contributed by atoms with E-state index in [-0.39, 0.29) is 12.5 Å². The lowest BCUT2D eigenvalue weighted by Gasteiger charge is -2.19. The molecule has 2 aromatic heterocycles. The fraction of sp³-hybridized carbons (Fsp3) is 0.217. The molecular weight excluding hydrogens is 364 g/mol. The first kappa shape index (κ1) is 18.8. The maximum absolute atomic E-state index is 12.5. The van der Waals surface area contributed by atoms with Gasteiger partial charge in [-0.2, -0.15) is 0 Å². The zero-order valence-electron chi connectivity index (χ0n) is 16.7.